The molecule has 0 radical (unpaired) electrons. The van der Waals surface area contributed by atoms with Crippen LogP contribution in [0.25, 0.3) is 0 Å². The Balaban J connectivity index is 1.75. The van der Waals surface area contributed by atoms with Crippen LogP contribution in [0.4, 0.5) is 5.69 Å². The molecule has 0 aromatic heterocycles. The van der Waals surface area contributed by atoms with Crippen LogP contribution in [0, 0.1) is 5.92 Å². The number of carbonyl (C=O) groups is 1. The van der Waals surface area contributed by atoms with E-state index >= 15 is 0 Å². The van der Waals surface area contributed by atoms with E-state index in [0.717, 1.165) is 18.4 Å². The Morgan fingerprint density at radius 3 is 2.48 bits per heavy atom. The van der Waals surface area contributed by atoms with Crippen molar-refractivity contribution in [2.75, 3.05) is 18.1 Å². The zero-order valence-corrected chi connectivity index (χ0v) is 17.7. The normalized spacial score (nSPS) is 18.9. The van der Waals surface area contributed by atoms with E-state index in [1.165, 1.54) is 6.07 Å². The highest BCUT2D eigenvalue weighted by molar-refractivity contribution is 8.08. The van der Waals surface area contributed by atoms with Gasteiger partial charge in [-0.05, 0) is 42.5 Å². The second kappa shape index (κ2) is 7.80. The van der Waals surface area contributed by atoms with Crippen molar-refractivity contribution in [3.8, 4) is 0 Å². The summed E-state index contributed by atoms with van der Waals surface area (Å²) in [5.74, 6) is -0.00281. The van der Waals surface area contributed by atoms with Crippen LogP contribution < -0.4 is 5.01 Å². The Kier molecular flexibility index (Phi) is 5.36. The van der Waals surface area contributed by atoms with Crippen molar-refractivity contribution < 1.29 is 13.2 Å². The van der Waals surface area contributed by atoms with Crippen LogP contribution in [-0.4, -0.2) is 37.4 Å². The first-order chi connectivity index (χ1) is 13.9. The van der Waals surface area contributed by atoms with Crippen LogP contribution >= 0.6 is 11.6 Å². The summed E-state index contributed by atoms with van der Waals surface area (Å²) in [4.78, 5) is 14.8. The van der Waals surface area contributed by atoms with Crippen LogP contribution in [-0.2, 0) is 21.2 Å². The van der Waals surface area contributed by atoms with E-state index in [1.807, 2.05) is 18.2 Å². The highest BCUT2D eigenvalue weighted by Gasteiger charge is 2.39. The SMILES string of the molecule is CC1CCN(C(=O)C2=NN(Cc3ccccc3Cl)c3ccccc3S2(=O)=O)CC1. The maximum Gasteiger partial charge on any atom is 0.286 e. The van der Waals surface area contributed by atoms with Crippen molar-refractivity contribution in [3.05, 3.63) is 59.1 Å². The fourth-order valence-corrected chi connectivity index (χ4v) is 5.31. The Bertz CT molecular complexity index is 1080. The molecule has 0 unspecified atom stereocenters. The Labute approximate surface area is 175 Å². The van der Waals surface area contributed by atoms with E-state index in [2.05, 4.69) is 12.0 Å². The first-order valence-electron chi connectivity index (χ1n) is 9.61. The second-order valence-corrected chi connectivity index (χ2v) is 9.74. The van der Waals surface area contributed by atoms with E-state index in [1.54, 1.807) is 34.2 Å². The van der Waals surface area contributed by atoms with Gasteiger partial charge in [0.05, 0.1) is 17.1 Å². The number of amides is 1. The molecule has 29 heavy (non-hydrogen) atoms. The molecule has 152 valence electrons. The van der Waals surface area contributed by atoms with Gasteiger partial charge in [-0.25, -0.2) is 8.42 Å². The predicted octanol–water partition coefficient (Wildman–Crippen LogP) is 3.71. The van der Waals surface area contributed by atoms with Crippen LogP contribution in [0.1, 0.15) is 25.3 Å². The molecule has 2 aliphatic rings. The third-order valence-corrected chi connectivity index (χ3v) is 7.49. The van der Waals surface area contributed by atoms with Gasteiger partial charge >= 0.3 is 0 Å². The molecule has 2 aromatic rings. The molecular formula is C21H22ClN3O3S. The zero-order valence-electron chi connectivity index (χ0n) is 16.1. The highest BCUT2D eigenvalue weighted by Crippen LogP contribution is 2.34. The minimum absolute atomic E-state index is 0.0933. The summed E-state index contributed by atoms with van der Waals surface area (Å²) in [6, 6.07) is 13.9. The molecule has 8 heteroatoms. The number of anilines is 1. The number of rotatable bonds is 3. The van der Waals surface area contributed by atoms with Crippen molar-refractivity contribution >= 4 is 38.1 Å². The first-order valence-corrected chi connectivity index (χ1v) is 11.5. The number of halogens is 1. The summed E-state index contributed by atoms with van der Waals surface area (Å²) in [6.07, 6.45) is 1.72. The molecule has 2 heterocycles. The number of nitrogens with zero attached hydrogens (tertiary/aromatic N) is 3. The van der Waals surface area contributed by atoms with Gasteiger partial charge in [-0.3, -0.25) is 9.80 Å². The maximum absolute atomic E-state index is 13.2. The van der Waals surface area contributed by atoms with E-state index in [0.29, 0.717) is 29.7 Å². The summed E-state index contributed by atoms with van der Waals surface area (Å²) in [6.45, 7) is 3.49. The fourth-order valence-electron chi connectivity index (χ4n) is 3.63. The average Bonchev–Trinajstić information content (AvgIpc) is 2.72. The van der Waals surface area contributed by atoms with E-state index in [-0.39, 0.29) is 11.4 Å². The van der Waals surface area contributed by atoms with Gasteiger partial charge in [0.1, 0.15) is 0 Å². The third-order valence-electron chi connectivity index (χ3n) is 5.43. The van der Waals surface area contributed by atoms with Gasteiger partial charge < -0.3 is 4.90 Å². The van der Waals surface area contributed by atoms with Crippen LogP contribution in [0.5, 0.6) is 0 Å². The van der Waals surface area contributed by atoms with Gasteiger partial charge in [0.25, 0.3) is 5.91 Å². The summed E-state index contributed by atoms with van der Waals surface area (Å²) in [7, 11) is -4.00. The number of hydrazone groups is 1. The summed E-state index contributed by atoms with van der Waals surface area (Å²) in [5, 5.41) is 6.01. The molecule has 0 bridgehead atoms. The topological polar surface area (TPSA) is 70.1 Å². The molecular weight excluding hydrogens is 410 g/mol. The number of hydrogen-bond acceptors (Lipinski definition) is 5. The van der Waals surface area contributed by atoms with Crippen molar-refractivity contribution in [1.82, 2.24) is 4.90 Å². The lowest BCUT2D eigenvalue weighted by atomic mass is 9.99. The molecule has 1 amide bonds. The molecule has 1 fully saturated rings. The predicted molar refractivity (Wildman–Crippen MR) is 114 cm³/mol. The van der Waals surface area contributed by atoms with Crippen LogP contribution in [0.3, 0.4) is 0 Å². The van der Waals surface area contributed by atoms with Crippen molar-refractivity contribution in [1.29, 1.82) is 0 Å². The zero-order chi connectivity index (χ0) is 20.6. The number of sulfone groups is 1. The molecule has 1 saturated heterocycles. The lowest BCUT2D eigenvalue weighted by molar-refractivity contribution is -0.125. The average molecular weight is 432 g/mol. The minimum atomic E-state index is -4.00. The second-order valence-electron chi connectivity index (χ2n) is 7.50. The van der Waals surface area contributed by atoms with E-state index in [4.69, 9.17) is 11.6 Å². The van der Waals surface area contributed by atoms with Gasteiger partial charge in [-0.1, -0.05) is 48.9 Å². The lowest BCUT2D eigenvalue weighted by Gasteiger charge is -2.33. The number of likely N-dealkylation sites (tertiary alicyclic amines) is 1. The minimum Gasteiger partial charge on any atom is -0.337 e. The number of hydrogen-bond donors (Lipinski definition) is 0. The molecule has 0 aliphatic carbocycles. The molecule has 0 spiro atoms. The van der Waals surface area contributed by atoms with Gasteiger partial charge in [-0.15, -0.1) is 0 Å². The van der Waals surface area contributed by atoms with Gasteiger partial charge in [0, 0.05) is 18.1 Å². The Morgan fingerprint density at radius 2 is 1.76 bits per heavy atom. The number of carbonyl (C=O) groups excluding carboxylic acids is 1. The number of para-hydroxylation sites is 1. The van der Waals surface area contributed by atoms with E-state index < -0.39 is 20.8 Å². The third kappa shape index (κ3) is 3.76. The van der Waals surface area contributed by atoms with Crippen molar-refractivity contribution in [2.45, 2.75) is 31.2 Å². The summed E-state index contributed by atoms with van der Waals surface area (Å²) < 4.78 is 26.4. The number of fused-ring (bicyclic) bond motifs is 1. The molecule has 6 nitrogen and oxygen atoms in total. The molecule has 0 N–H and O–H groups in total. The highest BCUT2D eigenvalue weighted by atomic mass is 35.5. The standard InChI is InChI=1S/C21H22ClN3O3S/c1-15-10-12-24(13-11-15)21(26)20-23-25(14-16-6-2-3-7-17(16)22)18-8-4-5-9-19(18)29(20,27)28/h2-9,15H,10-14H2,1H3. The molecule has 0 atom stereocenters. The Morgan fingerprint density at radius 1 is 1.10 bits per heavy atom. The summed E-state index contributed by atoms with van der Waals surface area (Å²) >= 11 is 6.29. The van der Waals surface area contributed by atoms with Gasteiger partial charge in [-0.2, -0.15) is 5.10 Å². The van der Waals surface area contributed by atoms with Crippen LogP contribution in [0.2, 0.25) is 5.02 Å². The molecule has 4 rings (SSSR count). The quantitative estimate of drug-likeness (QED) is 0.742. The summed E-state index contributed by atoms with van der Waals surface area (Å²) in [5.41, 5.74) is 1.24. The largest absolute Gasteiger partial charge is 0.337 e. The van der Waals surface area contributed by atoms with E-state index in [9.17, 15) is 13.2 Å². The smallest absolute Gasteiger partial charge is 0.286 e. The molecule has 2 aromatic carbocycles. The van der Waals surface area contributed by atoms with Crippen molar-refractivity contribution in [3.63, 3.8) is 0 Å². The van der Waals surface area contributed by atoms with Crippen LogP contribution in [0.15, 0.2) is 58.5 Å². The lowest BCUT2D eigenvalue weighted by Crippen LogP contribution is -2.46. The monoisotopic (exact) mass is 431 g/mol. The number of benzene rings is 2. The first kappa shape index (κ1) is 19.9. The van der Waals surface area contributed by atoms with Crippen molar-refractivity contribution in [2.24, 2.45) is 11.0 Å². The van der Waals surface area contributed by atoms with Gasteiger partial charge in [0.2, 0.25) is 14.9 Å². The maximum atomic E-state index is 13.2. The number of piperidine rings is 1. The van der Waals surface area contributed by atoms with Gasteiger partial charge in [0.15, 0.2) is 0 Å². The Hall–Kier alpha value is -2.38. The molecule has 0 saturated carbocycles. The molecule has 2 aliphatic heterocycles. The fraction of sp³-hybridized carbons (Fsp3) is 0.333.